The van der Waals surface area contributed by atoms with Gasteiger partial charge in [-0.2, -0.15) is 5.10 Å². The van der Waals surface area contributed by atoms with Gasteiger partial charge in [0.05, 0.1) is 18.8 Å². The van der Waals surface area contributed by atoms with Crippen molar-refractivity contribution in [1.82, 2.24) is 25.1 Å². The number of aryl methyl sites for hydroxylation is 1. The zero-order chi connectivity index (χ0) is 15.1. The first kappa shape index (κ1) is 15.4. The number of aromatic nitrogens is 4. The fraction of sp³-hybridized carbons (Fsp3) is 0.533. The lowest BCUT2D eigenvalue weighted by Crippen LogP contribution is -2.26. The van der Waals surface area contributed by atoms with Crippen molar-refractivity contribution in [2.75, 3.05) is 13.7 Å². The maximum absolute atomic E-state index is 5.06. The van der Waals surface area contributed by atoms with Gasteiger partial charge >= 0.3 is 0 Å². The van der Waals surface area contributed by atoms with E-state index in [1.807, 2.05) is 24.5 Å². The quantitative estimate of drug-likeness (QED) is 0.805. The highest BCUT2D eigenvalue weighted by Crippen LogP contribution is 2.17. The molecule has 0 spiro atoms. The van der Waals surface area contributed by atoms with Gasteiger partial charge in [-0.25, -0.2) is 4.98 Å². The van der Waals surface area contributed by atoms with Crippen molar-refractivity contribution in [3.05, 3.63) is 36.0 Å². The van der Waals surface area contributed by atoms with Crippen LogP contribution in [0.2, 0.25) is 0 Å². The van der Waals surface area contributed by atoms with Crippen molar-refractivity contribution in [1.29, 1.82) is 0 Å². The predicted molar refractivity (Wildman–Crippen MR) is 81.2 cm³/mol. The van der Waals surface area contributed by atoms with E-state index in [1.54, 1.807) is 7.11 Å². The average Bonchev–Trinajstić information content (AvgIpc) is 2.98. The summed E-state index contributed by atoms with van der Waals surface area (Å²) in [5.74, 6) is 1.59. The van der Waals surface area contributed by atoms with E-state index >= 15 is 0 Å². The molecule has 1 atom stereocenters. The number of hydrogen-bond acceptors (Lipinski definition) is 5. The lowest BCUT2D eigenvalue weighted by atomic mass is 10.1. The second-order valence-corrected chi connectivity index (χ2v) is 4.84. The fourth-order valence-electron chi connectivity index (χ4n) is 2.23. The van der Waals surface area contributed by atoms with Gasteiger partial charge in [-0.1, -0.05) is 6.92 Å². The van der Waals surface area contributed by atoms with Crippen LogP contribution in [0.3, 0.4) is 0 Å². The number of methoxy groups -OCH3 is 1. The Hall–Kier alpha value is -1.95. The number of nitrogens with one attached hydrogen (secondary N) is 1. The van der Waals surface area contributed by atoms with E-state index < -0.39 is 0 Å². The van der Waals surface area contributed by atoms with Gasteiger partial charge in [0.1, 0.15) is 5.82 Å². The summed E-state index contributed by atoms with van der Waals surface area (Å²) in [6, 6.07) is 3.91. The molecule has 1 N–H and O–H groups in total. The molecule has 0 radical (unpaired) electrons. The third-order valence-electron chi connectivity index (χ3n) is 3.40. The Bertz CT molecular complexity index is 537. The van der Waals surface area contributed by atoms with Crippen LogP contribution in [-0.4, -0.2) is 33.4 Å². The van der Waals surface area contributed by atoms with E-state index in [-0.39, 0.29) is 6.04 Å². The highest BCUT2D eigenvalue weighted by molar-refractivity contribution is 5.15. The van der Waals surface area contributed by atoms with Gasteiger partial charge < -0.3 is 14.6 Å². The summed E-state index contributed by atoms with van der Waals surface area (Å²) in [4.78, 5) is 4.44. The topological polar surface area (TPSA) is 64.9 Å². The van der Waals surface area contributed by atoms with Crippen LogP contribution in [-0.2, 0) is 13.0 Å². The molecule has 114 valence electrons. The molecule has 0 saturated heterocycles. The molecule has 0 aliphatic carbocycles. The molecule has 0 saturated carbocycles. The molecule has 0 fully saturated rings. The van der Waals surface area contributed by atoms with Gasteiger partial charge in [0, 0.05) is 31.4 Å². The molecule has 2 heterocycles. The highest BCUT2D eigenvalue weighted by atomic mass is 16.5. The second kappa shape index (κ2) is 7.73. The molecule has 0 bridgehead atoms. The summed E-state index contributed by atoms with van der Waals surface area (Å²) in [6.07, 6.45) is 5.71. The molecule has 0 aliphatic rings. The van der Waals surface area contributed by atoms with Gasteiger partial charge in [-0.05, 0) is 26.0 Å². The van der Waals surface area contributed by atoms with Crippen molar-refractivity contribution in [2.24, 2.45) is 0 Å². The first-order valence-electron chi connectivity index (χ1n) is 7.39. The summed E-state index contributed by atoms with van der Waals surface area (Å²) < 4.78 is 7.21. The van der Waals surface area contributed by atoms with Crippen LogP contribution in [0.5, 0.6) is 5.88 Å². The van der Waals surface area contributed by atoms with Crippen molar-refractivity contribution in [3.63, 3.8) is 0 Å². The molecule has 2 aromatic heterocycles. The number of imidazole rings is 1. The van der Waals surface area contributed by atoms with Gasteiger partial charge in [0.2, 0.25) is 5.88 Å². The van der Waals surface area contributed by atoms with Gasteiger partial charge in [-0.3, -0.25) is 0 Å². The smallest absolute Gasteiger partial charge is 0.233 e. The van der Waals surface area contributed by atoms with Crippen LogP contribution < -0.4 is 10.1 Å². The van der Waals surface area contributed by atoms with Gasteiger partial charge in [0.25, 0.3) is 0 Å². The molecule has 6 nitrogen and oxygen atoms in total. The first-order valence-corrected chi connectivity index (χ1v) is 7.39. The minimum absolute atomic E-state index is 0.107. The van der Waals surface area contributed by atoms with Crippen molar-refractivity contribution in [2.45, 2.75) is 39.3 Å². The predicted octanol–water partition coefficient (Wildman–Crippen LogP) is 1.98. The van der Waals surface area contributed by atoms with E-state index in [9.17, 15) is 0 Å². The number of rotatable bonds is 8. The molecule has 0 amide bonds. The Morgan fingerprint density at radius 3 is 2.76 bits per heavy atom. The van der Waals surface area contributed by atoms with Gasteiger partial charge in [0.15, 0.2) is 0 Å². The monoisotopic (exact) mass is 289 g/mol. The average molecular weight is 289 g/mol. The van der Waals surface area contributed by atoms with Crippen LogP contribution in [0.4, 0.5) is 0 Å². The number of ether oxygens (including phenoxy) is 1. The molecule has 6 heteroatoms. The van der Waals surface area contributed by atoms with Crippen LogP contribution in [0.1, 0.15) is 37.8 Å². The number of nitrogens with zero attached hydrogens (tertiary/aromatic N) is 4. The SMILES string of the molecule is CCCNC(Cc1nccn1CC)c1ccc(OC)nn1. The molecule has 21 heavy (non-hydrogen) atoms. The summed E-state index contributed by atoms with van der Waals surface area (Å²) >= 11 is 0. The molecular formula is C15H23N5O. The van der Waals surface area contributed by atoms with E-state index in [0.29, 0.717) is 5.88 Å². The molecule has 0 aromatic carbocycles. The minimum atomic E-state index is 0.107. The van der Waals surface area contributed by atoms with E-state index in [2.05, 4.69) is 38.9 Å². The zero-order valence-electron chi connectivity index (χ0n) is 12.9. The van der Waals surface area contributed by atoms with Crippen LogP contribution in [0, 0.1) is 0 Å². The van der Waals surface area contributed by atoms with Crippen molar-refractivity contribution >= 4 is 0 Å². The Balaban J connectivity index is 2.16. The van der Waals surface area contributed by atoms with Crippen LogP contribution >= 0.6 is 0 Å². The van der Waals surface area contributed by atoms with Crippen LogP contribution in [0.15, 0.2) is 24.5 Å². The Morgan fingerprint density at radius 2 is 2.14 bits per heavy atom. The Labute approximate surface area is 125 Å². The third-order valence-corrected chi connectivity index (χ3v) is 3.40. The fourth-order valence-corrected chi connectivity index (χ4v) is 2.23. The van der Waals surface area contributed by atoms with Crippen LogP contribution in [0.25, 0.3) is 0 Å². The Morgan fingerprint density at radius 1 is 1.29 bits per heavy atom. The van der Waals surface area contributed by atoms with Gasteiger partial charge in [-0.15, -0.1) is 5.10 Å². The molecule has 2 rings (SSSR count). The summed E-state index contributed by atoms with van der Waals surface area (Å²) in [7, 11) is 1.59. The standard InChI is InChI=1S/C15H23N5O/c1-4-8-16-13(11-14-17-9-10-20(14)5-2)12-6-7-15(21-3)19-18-12/h6-7,9-10,13,16H,4-5,8,11H2,1-3H3. The zero-order valence-corrected chi connectivity index (χ0v) is 12.9. The molecular weight excluding hydrogens is 266 g/mol. The highest BCUT2D eigenvalue weighted by Gasteiger charge is 2.16. The van der Waals surface area contributed by atoms with E-state index in [1.165, 1.54) is 0 Å². The summed E-state index contributed by atoms with van der Waals surface area (Å²) in [5, 5.41) is 11.8. The first-order chi connectivity index (χ1) is 10.3. The minimum Gasteiger partial charge on any atom is -0.480 e. The Kier molecular flexibility index (Phi) is 5.68. The summed E-state index contributed by atoms with van der Waals surface area (Å²) in [6.45, 7) is 6.12. The largest absolute Gasteiger partial charge is 0.480 e. The van der Waals surface area contributed by atoms with E-state index in [4.69, 9.17) is 4.74 Å². The van der Waals surface area contributed by atoms with Crippen molar-refractivity contribution < 1.29 is 4.74 Å². The molecule has 0 aliphatic heterocycles. The summed E-state index contributed by atoms with van der Waals surface area (Å²) in [5.41, 5.74) is 0.912. The third kappa shape index (κ3) is 4.01. The normalized spacial score (nSPS) is 12.3. The maximum atomic E-state index is 5.06. The molecule has 2 aromatic rings. The second-order valence-electron chi connectivity index (χ2n) is 4.84. The molecule has 1 unspecified atom stereocenters. The maximum Gasteiger partial charge on any atom is 0.233 e. The number of hydrogen-bond donors (Lipinski definition) is 1. The lowest BCUT2D eigenvalue weighted by Gasteiger charge is -2.18. The lowest BCUT2D eigenvalue weighted by molar-refractivity contribution is 0.388. The van der Waals surface area contributed by atoms with Crippen molar-refractivity contribution in [3.8, 4) is 5.88 Å². The van der Waals surface area contributed by atoms with E-state index in [0.717, 1.165) is 37.4 Å².